The number of anilines is 1. The molecular formula is C25H19N5O. The van der Waals surface area contributed by atoms with Crippen molar-refractivity contribution in [1.82, 2.24) is 9.97 Å². The Morgan fingerprint density at radius 2 is 1.74 bits per heavy atom. The lowest BCUT2D eigenvalue weighted by atomic mass is 9.99. The summed E-state index contributed by atoms with van der Waals surface area (Å²) >= 11 is 0. The number of nitrogens with one attached hydrogen (secondary N) is 2. The Morgan fingerprint density at radius 3 is 2.52 bits per heavy atom. The molecule has 0 fully saturated rings. The number of hydrogen-bond acceptors (Lipinski definition) is 5. The van der Waals surface area contributed by atoms with Crippen LogP contribution in [0.3, 0.4) is 0 Å². The molecule has 0 bridgehead atoms. The highest BCUT2D eigenvalue weighted by atomic mass is 16.1. The highest BCUT2D eigenvalue weighted by molar-refractivity contribution is 5.90. The van der Waals surface area contributed by atoms with Crippen molar-refractivity contribution in [3.05, 3.63) is 106 Å². The van der Waals surface area contributed by atoms with Crippen LogP contribution in [-0.4, -0.2) is 16.2 Å². The number of hydrazone groups is 1. The molecule has 0 atom stereocenters. The molecule has 0 aliphatic rings. The summed E-state index contributed by atoms with van der Waals surface area (Å²) in [6, 6.07) is 27.2. The monoisotopic (exact) mass is 405 g/mol. The Balaban J connectivity index is 1.65. The topological polar surface area (TPSA) is 93.9 Å². The van der Waals surface area contributed by atoms with Crippen LogP contribution in [0.5, 0.6) is 0 Å². The summed E-state index contributed by atoms with van der Waals surface area (Å²) in [5.74, 6) is 0.159. The predicted octanol–water partition coefficient (Wildman–Crippen LogP) is 4.73. The van der Waals surface area contributed by atoms with E-state index in [1.165, 1.54) is 5.56 Å². The Kier molecular flexibility index (Phi) is 5.68. The van der Waals surface area contributed by atoms with Crippen LogP contribution >= 0.6 is 0 Å². The normalized spacial score (nSPS) is 10.7. The molecule has 4 rings (SSSR count). The summed E-state index contributed by atoms with van der Waals surface area (Å²) in [5, 5.41) is 13.6. The second kappa shape index (κ2) is 8.89. The van der Waals surface area contributed by atoms with Crippen molar-refractivity contribution in [1.29, 1.82) is 5.26 Å². The van der Waals surface area contributed by atoms with Crippen LogP contribution in [0, 0.1) is 18.3 Å². The van der Waals surface area contributed by atoms with Crippen LogP contribution in [0.2, 0.25) is 0 Å². The number of rotatable bonds is 5. The molecule has 0 aliphatic heterocycles. The van der Waals surface area contributed by atoms with E-state index in [4.69, 9.17) is 0 Å². The third-order valence-corrected chi connectivity index (χ3v) is 4.74. The van der Waals surface area contributed by atoms with Gasteiger partial charge in [0.25, 0.3) is 5.56 Å². The van der Waals surface area contributed by atoms with Crippen LogP contribution in [0.25, 0.3) is 22.4 Å². The number of aryl methyl sites for hydroxylation is 1. The van der Waals surface area contributed by atoms with E-state index >= 15 is 0 Å². The fourth-order valence-electron chi connectivity index (χ4n) is 3.28. The maximum absolute atomic E-state index is 12.4. The molecule has 0 aliphatic carbocycles. The summed E-state index contributed by atoms with van der Waals surface area (Å²) in [6.07, 6.45) is 1.68. The van der Waals surface area contributed by atoms with E-state index < -0.39 is 5.56 Å². The maximum atomic E-state index is 12.4. The number of hydrogen-bond donors (Lipinski definition) is 2. The summed E-state index contributed by atoms with van der Waals surface area (Å²) in [5.41, 5.74) is 7.45. The van der Waals surface area contributed by atoms with Crippen molar-refractivity contribution >= 4 is 12.2 Å². The van der Waals surface area contributed by atoms with Crippen molar-refractivity contribution in [3.8, 4) is 28.5 Å². The van der Waals surface area contributed by atoms with Crippen LogP contribution in [-0.2, 0) is 0 Å². The zero-order chi connectivity index (χ0) is 21.6. The molecule has 0 amide bonds. The molecule has 0 radical (unpaired) electrons. The highest BCUT2D eigenvalue weighted by Gasteiger charge is 2.12. The number of H-pyrrole nitrogens is 1. The molecule has 1 heterocycles. The molecule has 31 heavy (non-hydrogen) atoms. The molecule has 6 nitrogen and oxygen atoms in total. The number of nitriles is 1. The van der Waals surface area contributed by atoms with Crippen LogP contribution in [0.15, 0.2) is 88.8 Å². The zero-order valence-electron chi connectivity index (χ0n) is 16.8. The first kappa shape index (κ1) is 19.8. The van der Waals surface area contributed by atoms with Crippen molar-refractivity contribution in [2.24, 2.45) is 5.10 Å². The fraction of sp³-hybridized carbons (Fsp3) is 0.0400. The smallest absolute Gasteiger partial charge is 0.270 e. The second-order valence-electron chi connectivity index (χ2n) is 6.94. The number of aromatic nitrogens is 2. The van der Waals surface area contributed by atoms with Gasteiger partial charge in [0, 0.05) is 11.1 Å². The third-order valence-electron chi connectivity index (χ3n) is 4.74. The standard InChI is InChI=1S/C25H19N5O/c1-17-8-7-12-19(14-17)21-13-6-5-11-20(21)16-27-30-25-28-23(18-9-3-2-4-10-18)22(15-26)24(31)29-25/h2-14,16H,1H3,(H2,28,29,30,31). The molecule has 6 heteroatoms. The second-order valence-corrected chi connectivity index (χ2v) is 6.94. The summed E-state index contributed by atoms with van der Waals surface area (Å²) in [7, 11) is 0. The first-order valence-electron chi connectivity index (χ1n) is 9.70. The highest BCUT2D eigenvalue weighted by Crippen LogP contribution is 2.23. The number of aromatic amines is 1. The molecular weight excluding hydrogens is 386 g/mol. The Morgan fingerprint density at radius 1 is 1.00 bits per heavy atom. The lowest BCUT2D eigenvalue weighted by molar-refractivity contribution is 1.08. The van der Waals surface area contributed by atoms with E-state index in [1.54, 1.807) is 18.3 Å². The maximum Gasteiger partial charge on any atom is 0.270 e. The molecule has 0 saturated carbocycles. The largest absolute Gasteiger partial charge is 0.290 e. The molecule has 0 unspecified atom stereocenters. The van der Waals surface area contributed by atoms with E-state index in [1.807, 2.05) is 54.6 Å². The van der Waals surface area contributed by atoms with E-state index in [9.17, 15) is 10.1 Å². The van der Waals surface area contributed by atoms with Crippen molar-refractivity contribution < 1.29 is 0 Å². The Hall–Kier alpha value is -4.50. The van der Waals surface area contributed by atoms with Crippen molar-refractivity contribution in [2.45, 2.75) is 6.92 Å². The number of benzene rings is 3. The van der Waals surface area contributed by atoms with Gasteiger partial charge < -0.3 is 0 Å². The lowest BCUT2D eigenvalue weighted by Crippen LogP contribution is -2.16. The van der Waals surface area contributed by atoms with Gasteiger partial charge in [-0.1, -0.05) is 84.4 Å². The van der Waals surface area contributed by atoms with Gasteiger partial charge in [-0.2, -0.15) is 10.4 Å². The molecule has 0 saturated heterocycles. The van der Waals surface area contributed by atoms with Gasteiger partial charge in [-0.25, -0.2) is 10.4 Å². The van der Waals surface area contributed by atoms with Gasteiger partial charge in [0.2, 0.25) is 5.95 Å². The third kappa shape index (κ3) is 4.41. The fourth-order valence-corrected chi connectivity index (χ4v) is 3.28. The first-order valence-corrected chi connectivity index (χ1v) is 9.70. The van der Waals surface area contributed by atoms with Crippen LogP contribution < -0.4 is 11.0 Å². The minimum Gasteiger partial charge on any atom is -0.290 e. The lowest BCUT2D eigenvalue weighted by Gasteiger charge is -2.08. The van der Waals surface area contributed by atoms with Gasteiger partial charge in [-0.3, -0.25) is 9.78 Å². The van der Waals surface area contributed by atoms with E-state index in [0.717, 1.165) is 16.7 Å². The Bertz CT molecular complexity index is 1350. The zero-order valence-corrected chi connectivity index (χ0v) is 16.8. The first-order chi connectivity index (χ1) is 15.2. The quantitative estimate of drug-likeness (QED) is 0.371. The SMILES string of the molecule is Cc1cccc(-c2ccccc2C=NNc2nc(-c3ccccc3)c(C#N)c(=O)[nH]2)c1. The molecule has 1 aromatic heterocycles. The molecule has 2 N–H and O–H groups in total. The average molecular weight is 405 g/mol. The van der Waals surface area contributed by atoms with Crippen molar-refractivity contribution in [3.63, 3.8) is 0 Å². The van der Waals surface area contributed by atoms with E-state index in [0.29, 0.717) is 11.3 Å². The Labute approximate surface area is 179 Å². The van der Waals surface area contributed by atoms with Gasteiger partial charge in [-0.15, -0.1) is 0 Å². The van der Waals surface area contributed by atoms with Gasteiger partial charge >= 0.3 is 0 Å². The minimum atomic E-state index is -0.519. The summed E-state index contributed by atoms with van der Waals surface area (Å²) in [6.45, 7) is 2.05. The van der Waals surface area contributed by atoms with Gasteiger partial charge in [0.05, 0.1) is 11.9 Å². The average Bonchev–Trinajstić information content (AvgIpc) is 2.79. The molecule has 4 aromatic rings. The summed E-state index contributed by atoms with van der Waals surface area (Å²) < 4.78 is 0. The molecule has 3 aromatic carbocycles. The van der Waals surface area contributed by atoms with E-state index in [-0.39, 0.29) is 11.5 Å². The molecule has 0 spiro atoms. The predicted molar refractivity (Wildman–Crippen MR) is 123 cm³/mol. The van der Waals surface area contributed by atoms with Gasteiger partial charge in [-0.05, 0) is 18.1 Å². The van der Waals surface area contributed by atoms with Gasteiger partial charge in [0.1, 0.15) is 11.6 Å². The minimum absolute atomic E-state index is 0.0366. The van der Waals surface area contributed by atoms with Crippen molar-refractivity contribution in [2.75, 3.05) is 5.43 Å². The molecule has 150 valence electrons. The van der Waals surface area contributed by atoms with Crippen LogP contribution in [0.4, 0.5) is 5.95 Å². The van der Waals surface area contributed by atoms with Gasteiger partial charge in [0.15, 0.2) is 0 Å². The van der Waals surface area contributed by atoms with Crippen LogP contribution in [0.1, 0.15) is 16.7 Å². The number of nitrogens with zero attached hydrogens (tertiary/aromatic N) is 3. The summed E-state index contributed by atoms with van der Waals surface area (Å²) in [4.78, 5) is 19.3. The van der Waals surface area contributed by atoms with E-state index in [2.05, 4.69) is 45.6 Å².